The first kappa shape index (κ1) is 11.4. The smallest absolute Gasteiger partial charge is 0.288 e. The number of nitro groups is 1. The molecule has 0 aromatic heterocycles. The Balaban J connectivity index is 2.16. The van der Waals surface area contributed by atoms with Gasteiger partial charge >= 0.3 is 5.06 Å². The monoisotopic (exact) mass is 239 g/mol. The summed E-state index contributed by atoms with van der Waals surface area (Å²) in [5, 5.41) is 9.79. The highest BCUT2D eigenvalue weighted by atomic mass is 32.2. The summed E-state index contributed by atoms with van der Waals surface area (Å²) in [6, 6.07) is 9.33. The van der Waals surface area contributed by atoms with Gasteiger partial charge in [0.15, 0.2) is 6.10 Å². The lowest BCUT2D eigenvalue weighted by molar-refractivity contribution is -0.532. The molecule has 16 heavy (non-hydrogen) atoms. The highest BCUT2D eigenvalue weighted by molar-refractivity contribution is 8.00. The number of hydrogen-bond donors (Lipinski definition) is 0. The second kappa shape index (κ2) is 4.07. The Morgan fingerprint density at radius 3 is 2.50 bits per heavy atom. The van der Waals surface area contributed by atoms with Crippen molar-refractivity contribution in [2.24, 2.45) is 5.92 Å². The third-order valence-electron chi connectivity index (χ3n) is 2.47. The maximum absolute atomic E-state index is 11.1. The van der Waals surface area contributed by atoms with E-state index in [2.05, 4.69) is 0 Å². The van der Waals surface area contributed by atoms with Gasteiger partial charge in [-0.1, -0.05) is 32.0 Å². The summed E-state index contributed by atoms with van der Waals surface area (Å²) in [4.78, 5) is 11.6. The predicted octanol–water partition coefficient (Wildman–Crippen LogP) is 2.76. The second-order valence-electron chi connectivity index (χ2n) is 4.09. The second-order valence-corrected chi connectivity index (χ2v) is 5.35. The Hall–Kier alpha value is -1.07. The highest BCUT2D eigenvalue weighted by Gasteiger charge is 2.71. The maximum atomic E-state index is 11.1. The van der Waals surface area contributed by atoms with Crippen molar-refractivity contribution in [3.8, 4) is 0 Å². The SMILES string of the molecule is CC(C)[C@H]1O[C@]1(Sc1ccccc1)[N+](=O)[O-]. The number of hydrogen-bond acceptors (Lipinski definition) is 4. The summed E-state index contributed by atoms with van der Waals surface area (Å²) in [5.41, 5.74) is 0. The normalized spacial score (nSPS) is 28.1. The lowest BCUT2D eigenvalue weighted by Crippen LogP contribution is -2.24. The number of epoxide rings is 1. The third kappa shape index (κ3) is 1.92. The lowest BCUT2D eigenvalue weighted by atomic mass is 10.1. The topological polar surface area (TPSA) is 55.7 Å². The molecule has 5 heteroatoms. The van der Waals surface area contributed by atoms with Gasteiger partial charge in [0.05, 0.1) is 4.92 Å². The van der Waals surface area contributed by atoms with Crippen LogP contribution in [0.4, 0.5) is 0 Å². The van der Waals surface area contributed by atoms with E-state index >= 15 is 0 Å². The Kier molecular flexibility index (Phi) is 2.90. The molecular weight excluding hydrogens is 226 g/mol. The number of thioether (sulfide) groups is 1. The Morgan fingerprint density at radius 2 is 2.06 bits per heavy atom. The van der Waals surface area contributed by atoms with Crippen molar-refractivity contribution in [2.75, 3.05) is 0 Å². The van der Waals surface area contributed by atoms with E-state index in [1.807, 2.05) is 44.2 Å². The molecule has 1 heterocycles. The van der Waals surface area contributed by atoms with Crippen molar-refractivity contribution in [2.45, 2.75) is 29.9 Å². The van der Waals surface area contributed by atoms with Crippen LogP contribution in [0.15, 0.2) is 35.2 Å². The molecule has 1 aliphatic rings. The Labute approximate surface area is 98.1 Å². The molecule has 0 amide bonds. The molecule has 0 N–H and O–H groups in total. The van der Waals surface area contributed by atoms with Gasteiger partial charge in [0.25, 0.3) is 0 Å². The largest absolute Gasteiger partial charge is 0.405 e. The van der Waals surface area contributed by atoms with Crippen LogP contribution in [0.5, 0.6) is 0 Å². The maximum Gasteiger partial charge on any atom is 0.405 e. The zero-order valence-electron chi connectivity index (χ0n) is 9.12. The van der Waals surface area contributed by atoms with Gasteiger partial charge in [-0.25, -0.2) is 0 Å². The molecule has 0 aliphatic carbocycles. The van der Waals surface area contributed by atoms with Crippen LogP contribution in [0.3, 0.4) is 0 Å². The summed E-state index contributed by atoms with van der Waals surface area (Å²) in [6.07, 6.45) is -0.298. The van der Waals surface area contributed by atoms with Crippen LogP contribution in [0, 0.1) is 16.0 Å². The van der Waals surface area contributed by atoms with Crippen LogP contribution in [0.2, 0.25) is 0 Å². The summed E-state index contributed by atoms with van der Waals surface area (Å²) in [7, 11) is 0. The fourth-order valence-corrected chi connectivity index (χ4v) is 2.87. The van der Waals surface area contributed by atoms with E-state index in [0.717, 1.165) is 4.90 Å². The molecule has 1 aliphatic heterocycles. The molecule has 0 saturated carbocycles. The Bertz CT molecular complexity index is 395. The van der Waals surface area contributed by atoms with Crippen molar-refractivity contribution in [1.82, 2.24) is 0 Å². The number of rotatable bonds is 4. The quantitative estimate of drug-likeness (QED) is 0.351. The number of ether oxygens (including phenoxy) is 1. The van der Waals surface area contributed by atoms with Crippen molar-refractivity contribution >= 4 is 11.8 Å². The molecule has 2 rings (SSSR count). The first-order chi connectivity index (χ1) is 7.56. The molecular formula is C11H13NO3S. The van der Waals surface area contributed by atoms with Crippen LogP contribution >= 0.6 is 11.8 Å². The van der Waals surface area contributed by atoms with E-state index in [0.29, 0.717) is 0 Å². The molecule has 0 radical (unpaired) electrons. The molecule has 4 nitrogen and oxygen atoms in total. The molecule has 1 aromatic carbocycles. The van der Waals surface area contributed by atoms with Crippen molar-refractivity contribution < 1.29 is 9.66 Å². The summed E-state index contributed by atoms with van der Waals surface area (Å²) in [6.45, 7) is 3.86. The average Bonchev–Trinajstić information content (AvgIpc) is 2.95. The van der Waals surface area contributed by atoms with Crippen molar-refractivity contribution in [3.63, 3.8) is 0 Å². The highest BCUT2D eigenvalue weighted by Crippen LogP contribution is 2.53. The molecule has 0 unspecified atom stereocenters. The first-order valence-electron chi connectivity index (χ1n) is 5.12. The van der Waals surface area contributed by atoms with Gasteiger partial charge in [0, 0.05) is 4.90 Å². The standard InChI is InChI=1S/C11H13NO3S/c1-8(2)10-11(15-10,12(13)14)16-9-6-4-3-5-7-9/h3-8,10H,1-2H3/t10-,11-/m1/s1. The van der Waals surface area contributed by atoms with E-state index in [1.54, 1.807) is 0 Å². The number of benzene rings is 1. The molecule has 1 aromatic rings. The minimum atomic E-state index is -1.27. The van der Waals surface area contributed by atoms with Gasteiger partial charge in [-0.15, -0.1) is 0 Å². The van der Waals surface area contributed by atoms with E-state index in [9.17, 15) is 10.1 Å². The lowest BCUT2D eigenvalue weighted by Gasteiger charge is -2.05. The summed E-state index contributed by atoms with van der Waals surface area (Å²) in [5.74, 6) is 0.154. The zero-order valence-corrected chi connectivity index (χ0v) is 9.94. The van der Waals surface area contributed by atoms with E-state index in [1.165, 1.54) is 11.8 Å². The zero-order chi connectivity index (χ0) is 11.8. The van der Waals surface area contributed by atoms with Crippen LogP contribution in [-0.4, -0.2) is 16.1 Å². The van der Waals surface area contributed by atoms with Crippen molar-refractivity contribution in [3.05, 3.63) is 40.4 Å². The minimum Gasteiger partial charge on any atom is -0.288 e. The van der Waals surface area contributed by atoms with Crippen LogP contribution < -0.4 is 0 Å². The average molecular weight is 239 g/mol. The van der Waals surface area contributed by atoms with E-state index in [-0.39, 0.29) is 16.9 Å². The molecule has 0 bridgehead atoms. The van der Waals surface area contributed by atoms with Gasteiger partial charge in [-0.2, -0.15) is 0 Å². The van der Waals surface area contributed by atoms with Gasteiger partial charge in [0.2, 0.25) is 0 Å². The summed E-state index contributed by atoms with van der Waals surface area (Å²) >= 11 is 1.18. The molecule has 0 spiro atoms. The third-order valence-corrected chi connectivity index (χ3v) is 3.74. The van der Waals surface area contributed by atoms with E-state index < -0.39 is 5.06 Å². The molecule has 2 atom stereocenters. The minimum absolute atomic E-state index is 0.154. The molecule has 1 saturated heterocycles. The van der Waals surface area contributed by atoms with Gasteiger partial charge in [0.1, 0.15) is 0 Å². The molecule has 86 valence electrons. The Morgan fingerprint density at radius 1 is 1.44 bits per heavy atom. The fraction of sp³-hybridized carbons (Fsp3) is 0.455. The fourth-order valence-electron chi connectivity index (χ4n) is 1.63. The van der Waals surface area contributed by atoms with Gasteiger partial charge in [-0.3, -0.25) is 14.9 Å². The van der Waals surface area contributed by atoms with Crippen LogP contribution in [0.1, 0.15) is 13.8 Å². The van der Waals surface area contributed by atoms with Crippen LogP contribution in [-0.2, 0) is 4.74 Å². The van der Waals surface area contributed by atoms with Crippen LogP contribution in [0.25, 0.3) is 0 Å². The summed E-state index contributed by atoms with van der Waals surface area (Å²) < 4.78 is 5.30. The van der Waals surface area contributed by atoms with E-state index in [4.69, 9.17) is 4.74 Å². The first-order valence-corrected chi connectivity index (χ1v) is 5.94. The molecule has 1 fully saturated rings. The van der Waals surface area contributed by atoms with Gasteiger partial charge in [-0.05, 0) is 29.8 Å². The van der Waals surface area contributed by atoms with Gasteiger partial charge < -0.3 is 0 Å². The van der Waals surface area contributed by atoms with Crippen molar-refractivity contribution in [1.29, 1.82) is 0 Å². The predicted molar refractivity (Wildman–Crippen MR) is 61.7 cm³/mol. The number of nitrogens with zero attached hydrogens (tertiary/aromatic N) is 1.